The molecular weight excluding hydrogens is 594 g/mol. The summed E-state index contributed by atoms with van der Waals surface area (Å²) in [7, 11) is 0. The molecule has 3 N–H and O–H groups in total. The number of phenols is 2. The Hall–Kier alpha value is -3.33. The molecule has 0 radical (unpaired) electrons. The summed E-state index contributed by atoms with van der Waals surface area (Å²) in [6.45, 7) is 2.29. The maximum Gasteiger partial charge on any atom is 0.243 e. The van der Waals surface area contributed by atoms with Crippen LogP contribution in [0.4, 0.5) is 5.69 Å². The zero-order chi connectivity index (χ0) is 30.6. The number of carbonyl (C=O) groups excluding carboxylic acids is 1. The molecule has 7 nitrogen and oxygen atoms in total. The van der Waals surface area contributed by atoms with Gasteiger partial charge >= 0.3 is 0 Å². The fourth-order valence-corrected chi connectivity index (χ4v) is 9.12. The van der Waals surface area contributed by atoms with Crippen LogP contribution in [-0.2, 0) is 17.6 Å². The summed E-state index contributed by atoms with van der Waals surface area (Å²) in [5, 5.41) is 42.3. The Morgan fingerprint density at radius 3 is 2.59 bits per heavy atom. The fraction of sp³-hybridized carbons (Fsp3) is 0.400. The van der Waals surface area contributed by atoms with E-state index in [0.29, 0.717) is 45.8 Å². The first-order chi connectivity index (χ1) is 21.2. The van der Waals surface area contributed by atoms with Crippen LogP contribution < -0.4 is 4.90 Å². The third kappa shape index (κ3) is 5.21. The average Bonchev–Trinajstić information content (AvgIpc) is 3.54. The number of halogens is 1. The molecule has 3 aromatic carbocycles. The van der Waals surface area contributed by atoms with Crippen molar-refractivity contribution in [1.82, 2.24) is 0 Å². The number of aliphatic hydroxyl groups excluding tert-OH is 1. The Morgan fingerprint density at radius 2 is 1.82 bits per heavy atom. The van der Waals surface area contributed by atoms with Crippen molar-refractivity contribution in [2.24, 2.45) is 27.5 Å². The molecule has 3 aliphatic carbocycles. The summed E-state index contributed by atoms with van der Waals surface area (Å²) in [5.41, 5.74) is 5.38. The van der Waals surface area contributed by atoms with E-state index in [-0.39, 0.29) is 34.7 Å². The molecule has 9 heteroatoms. The van der Waals surface area contributed by atoms with E-state index in [0.717, 1.165) is 49.7 Å². The van der Waals surface area contributed by atoms with Crippen molar-refractivity contribution >= 4 is 45.8 Å². The number of amides is 1. The lowest BCUT2D eigenvalue weighted by atomic mass is 9.55. The van der Waals surface area contributed by atoms with Gasteiger partial charge in [0.25, 0.3) is 0 Å². The van der Waals surface area contributed by atoms with Crippen LogP contribution >= 0.6 is 23.4 Å². The van der Waals surface area contributed by atoms with E-state index in [1.54, 1.807) is 53.4 Å². The van der Waals surface area contributed by atoms with Gasteiger partial charge in [0.05, 0.1) is 23.3 Å². The number of benzene rings is 3. The zero-order valence-corrected chi connectivity index (χ0v) is 26.2. The average molecular weight is 630 g/mol. The van der Waals surface area contributed by atoms with Crippen molar-refractivity contribution in [3.05, 3.63) is 87.9 Å². The first-order valence-electron chi connectivity index (χ1n) is 15.4. The van der Waals surface area contributed by atoms with E-state index >= 15 is 0 Å². The number of phenolic OH excluding ortho intramolecular Hbond substituents is 2. The number of aromatic hydroxyl groups is 2. The molecule has 1 saturated heterocycles. The van der Waals surface area contributed by atoms with Gasteiger partial charge in [-0.1, -0.05) is 36.4 Å². The molecular formula is C35H36ClN3O4S. The number of amidine groups is 1. The van der Waals surface area contributed by atoms with Gasteiger partial charge in [-0.25, -0.2) is 0 Å². The highest BCUT2D eigenvalue weighted by Gasteiger charge is 2.54. The number of thioether (sulfide) groups is 1. The monoisotopic (exact) mass is 629 g/mol. The molecule has 2 saturated carbocycles. The van der Waals surface area contributed by atoms with Gasteiger partial charge in [0.2, 0.25) is 5.91 Å². The Bertz CT molecular complexity index is 1660. The van der Waals surface area contributed by atoms with Gasteiger partial charge in [0.1, 0.15) is 11.5 Å². The molecule has 0 bridgehead atoms. The molecule has 7 rings (SSSR count). The fourth-order valence-electron chi connectivity index (χ4n) is 8.18. The predicted octanol–water partition coefficient (Wildman–Crippen LogP) is 7.05. The Morgan fingerprint density at radius 1 is 1.05 bits per heavy atom. The quantitative estimate of drug-likeness (QED) is 0.207. The van der Waals surface area contributed by atoms with Gasteiger partial charge in [-0.3, -0.25) is 9.69 Å². The lowest BCUT2D eigenvalue weighted by Gasteiger charge is -2.50. The number of hydrogen-bond acceptors (Lipinski definition) is 7. The van der Waals surface area contributed by atoms with Gasteiger partial charge in [0, 0.05) is 17.0 Å². The summed E-state index contributed by atoms with van der Waals surface area (Å²) in [6.07, 6.45) is 6.21. The van der Waals surface area contributed by atoms with Crippen LogP contribution in [0, 0.1) is 17.3 Å². The molecule has 228 valence electrons. The number of aryl methyl sites for hydroxylation is 1. The first kappa shape index (κ1) is 29.4. The van der Waals surface area contributed by atoms with Gasteiger partial charge in [-0.15, -0.1) is 5.10 Å². The molecule has 0 aromatic heterocycles. The van der Waals surface area contributed by atoms with Crippen molar-refractivity contribution < 1.29 is 20.1 Å². The Kier molecular flexibility index (Phi) is 7.71. The summed E-state index contributed by atoms with van der Waals surface area (Å²) in [6, 6.07) is 17.9. The molecule has 1 amide bonds. The number of anilines is 1. The third-order valence-corrected chi connectivity index (χ3v) is 11.7. The second-order valence-corrected chi connectivity index (χ2v) is 14.3. The molecule has 0 unspecified atom stereocenters. The Labute approximate surface area is 266 Å². The lowest BCUT2D eigenvalue weighted by Crippen LogP contribution is -2.43. The van der Waals surface area contributed by atoms with E-state index in [2.05, 4.69) is 23.2 Å². The maximum absolute atomic E-state index is 12.8. The van der Waals surface area contributed by atoms with E-state index < -0.39 is 0 Å². The molecule has 1 aliphatic heterocycles. The van der Waals surface area contributed by atoms with Crippen molar-refractivity contribution in [1.29, 1.82) is 0 Å². The molecule has 4 aliphatic rings. The topological polar surface area (TPSA) is 106 Å². The smallest absolute Gasteiger partial charge is 0.243 e. The number of fused-ring (bicyclic) bond motifs is 5. The van der Waals surface area contributed by atoms with Crippen molar-refractivity contribution in [2.75, 3.05) is 10.7 Å². The number of carbonyl (C=O) groups is 1. The third-order valence-electron chi connectivity index (χ3n) is 10.5. The minimum absolute atomic E-state index is 0.00974. The molecule has 0 spiro atoms. The number of rotatable bonds is 5. The van der Waals surface area contributed by atoms with Crippen LogP contribution in [0.25, 0.3) is 0 Å². The van der Waals surface area contributed by atoms with Crippen LogP contribution in [0.3, 0.4) is 0 Å². The summed E-state index contributed by atoms with van der Waals surface area (Å²) >= 11 is 7.40. The first-order valence-corrected chi connectivity index (χ1v) is 16.8. The van der Waals surface area contributed by atoms with Crippen LogP contribution in [0.5, 0.6) is 11.5 Å². The van der Waals surface area contributed by atoms with Crippen LogP contribution in [-0.4, -0.2) is 44.0 Å². The SMILES string of the molecule is C[C@]12CC[C@@H]3c4cc(C/C(=N\N=C5\SCC(=O)N5c5ccc(Cl)cc5)c5ccc(O)cc5)c(O)cc4CC[C@H]3[C@@H]1CC[C@@H]2O. The van der Waals surface area contributed by atoms with Gasteiger partial charge in [0.15, 0.2) is 5.17 Å². The minimum atomic E-state index is -0.208. The number of aliphatic hydroxyl groups is 1. The highest BCUT2D eigenvalue weighted by molar-refractivity contribution is 8.15. The number of nitrogens with zero attached hydrogens (tertiary/aromatic N) is 3. The van der Waals surface area contributed by atoms with Crippen molar-refractivity contribution in [3.8, 4) is 11.5 Å². The highest BCUT2D eigenvalue weighted by atomic mass is 35.5. The van der Waals surface area contributed by atoms with E-state index in [1.807, 2.05) is 6.07 Å². The van der Waals surface area contributed by atoms with Crippen molar-refractivity contribution in [2.45, 2.75) is 63.9 Å². The van der Waals surface area contributed by atoms with Crippen LogP contribution in [0.15, 0.2) is 70.9 Å². The standard InChI is InChI=1S/C35H36ClN3O4S/c1-35-15-14-26-27(29(35)12-13-32(35)42)11-4-21-18-31(41)22(16-28(21)26)17-30(20-2-9-25(40)10-3-20)37-38-34-39(33(43)19-44-34)24-7-5-23(36)6-8-24/h2-3,5-10,16,18,26-27,29,32,40-42H,4,11-15,17,19H2,1H3/b37-30+,38-34+/t26-,27+,29-,32-,35-/m0/s1. The lowest BCUT2D eigenvalue weighted by molar-refractivity contribution is -0.115. The molecule has 3 fully saturated rings. The summed E-state index contributed by atoms with van der Waals surface area (Å²) < 4.78 is 0. The maximum atomic E-state index is 12.8. The normalized spacial score (nSPS) is 29.1. The van der Waals surface area contributed by atoms with E-state index in [1.165, 1.54) is 22.9 Å². The Balaban J connectivity index is 1.23. The largest absolute Gasteiger partial charge is 0.508 e. The second kappa shape index (κ2) is 11.5. The highest BCUT2D eigenvalue weighted by Crippen LogP contribution is 2.61. The molecule has 5 atom stereocenters. The van der Waals surface area contributed by atoms with Crippen molar-refractivity contribution in [3.63, 3.8) is 0 Å². The molecule has 3 aromatic rings. The van der Waals surface area contributed by atoms with E-state index in [9.17, 15) is 20.1 Å². The molecule has 1 heterocycles. The minimum Gasteiger partial charge on any atom is -0.508 e. The van der Waals surface area contributed by atoms with Gasteiger partial charge < -0.3 is 15.3 Å². The van der Waals surface area contributed by atoms with Crippen LogP contribution in [0.1, 0.15) is 67.2 Å². The van der Waals surface area contributed by atoms with Gasteiger partial charge in [-0.2, -0.15) is 5.10 Å². The zero-order valence-electron chi connectivity index (χ0n) is 24.6. The summed E-state index contributed by atoms with van der Waals surface area (Å²) in [5.74, 6) is 2.06. The predicted molar refractivity (Wildman–Crippen MR) is 176 cm³/mol. The summed E-state index contributed by atoms with van der Waals surface area (Å²) in [4.78, 5) is 14.3. The number of hydrogen-bond donors (Lipinski definition) is 3. The van der Waals surface area contributed by atoms with E-state index in [4.69, 9.17) is 11.6 Å². The van der Waals surface area contributed by atoms with Gasteiger partial charge in [-0.05, 0) is 133 Å². The second-order valence-electron chi connectivity index (χ2n) is 12.9. The van der Waals surface area contributed by atoms with Crippen LogP contribution in [0.2, 0.25) is 5.02 Å². The molecule has 44 heavy (non-hydrogen) atoms.